The summed E-state index contributed by atoms with van der Waals surface area (Å²) in [6, 6.07) is 4.00. The average Bonchev–Trinajstić information content (AvgIpc) is 2.03. The fourth-order valence-corrected chi connectivity index (χ4v) is 1.21. The van der Waals surface area contributed by atoms with Gasteiger partial charge in [-0.3, -0.25) is 9.78 Å². The maximum absolute atomic E-state index is 10.9. The second-order valence-corrected chi connectivity index (χ2v) is 3.61. The van der Waals surface area contributed by atoms with E-state index >= 15 is 0 Å². The van der Waals surface area contributed by atoms with Crippen LogP contribution in [0.2, 0.25) is 0 Å². The van der Waals surface area contributed by atoms with Gasteiger partial charge in [0.2, 0.25) is 0 Å². The Morgan fingerprint density at radius 1 is 1.54 bits per heavy atom. The summed E-state index contributed by atoms with van der Waals surface area (Å²) in [5.41, 5.74) is 2.12. The van der Waals surface area contributed by atoms with E-state index < -0.39 is 0 Å². The first-order chi connectivity index (χ1) is 6.09. The van der Waals surface area contributed by atoms with Gasteiger partial charge in [0.05, 0.1) is 0 Å². The quantitative estimate of drug-likeness (QED) is 0.709. The number of aromatic nitrogens is 1. The molecule has 70 valence electrons. The van der Waals surface area contributed by atoms with Gasteiger partial charge in [0.1, 0.15) is 5.78 Å². The molecule has 0 N–H and O–H groups in total. The summed E-state index contributed by atoms with van der Waals surface area (Å²) in [5, 5.41) is 0. The van der Waals surface area contributed by atoms with Gasteiger partial charge >= 0.3 is 0 Å². The molecule has 0 bridgehead atoms. The van der Waals surface area contributed by atoms with Gasteiger partial charge in [-0.2, -0.15) is 0 Å². The number of ketones is 1. The standard InChI is InChI=1S/C11H15NO/c1-8(2)10-4-5-12-11(7-10)6-9(3)13/h4-5,7-8H,6H2,1-3H3. The number of carbonyl (C=O) groups is 1. The van der Waals surface area contributed by atoms with Gasteiger partial charge in [0, 0.05) is 18.3 Å². The van der Waals surface area contributed by atoms with E-state index in [2.05, 4.69) is 18.8 Å². The molecule has 0 atom stereocenters. The van der Waals surface area contributed by atoms with Crippen LogP contribution in [-0.2, 0) is 11.2 Å². The smallest absolute Gasteiger partial charge is 0.135 e. The van der Waals surface area contributed by atoms with Crippen molar-refractivity contribution in [3.05, 3.63) is 29.6 Å². The summed E-state index contributed by atoms with van der Waals surface area (Å²) in [4.78, 5) is 15.0. The van der Waals surface area contributed by atoms with Crippen molar-refractivity contribution in [2.45, 2.75) is 33.1 Å². The molecule has 2 nitrogen and oxygen atoms in total. The van der Waals surface area contributed by atoms with Crippen LogP contribution in [0.4, 0.5) is 0 Å². The highest BCUT2D eigenvalue weighted by atomic mass is 16.1. The van der Waals surface area contributed by atoms with Crippen LogP contribution < -0.4 is 0 Å². The lowest BCUT2D eigenvalue weighted by molar-refractivity contribution is -0.116. The van der Waals surface area contributed by atoms with Gasteiger partial charge in [0.25, 0.3) is 0 Å². The van der Waals surface area contributed by atoms with E-state index in [-0.39, 0.29) is 5.78 Å². The second kappa shape index (κ2) is 4.17. The largest absolute Gasteiger partial charge is 0.300 e. The van der Waals surface area contributed by atoms with Crippen molar-refractivity contribution in [1.29, 1.82) is 0 Å². The van der Waals surface area contributed by atoms with Gasteiger partial charge in [-0.15, -0.1) is 0 Å². The molecular formula is C11H15NO. The van der Waals surface area contributed by atoms with Crippen molar-refractivity contribution in [3.8, 4) is 0 Å². The van der Waals surface area contributed by atoms with Crippen molar-refractivity contribution in [2.24, 2.45) is 0 Å². The minimum absolute atomic E-state index is 0.161. The normalized spacial score (nSPS) is 10.5. The third-order valence-electron chi connectivity index (χ3n) is 1.94. The van der Waals surface area contributed by atoms with E-state index in [1.54, 1.807) is 13.1 Å². The Balaban J connectivity index is 2.85. The maximum atomic E-state index is 10.9. The van der Waals surface area contributed by atoms with E-state index in [1.165, 1.54) is 5.56 Å². The number of nitrogens with zero attached hydrogens (tertiary/aromatic N) is 1. The summed E-state index contributed by atoms with van der Waals surface area (Å²) in [5.74, 6) is 0.655. The lowest BCUT2D eigenvalue weighted by Crippen LogP contribution is -2.00. The zero-order valence-corrected chi connectivity index (χ0v) is 8.37. The van der Waals surface area contributed by atoms with Crippen molar-refractivity contribution in [1.82, 2.24) is 4.98 Å². The van der Waals surface area contributed by atoms with Gasteiger partial charge < -0.3 is 0 Å². The van der Waals surface area contributed by atoms with Crippen LogP contribution >= 0.6 is 0 Å². The third-order valence-corrected chi connectivity index (χ3v) is 1.94. The average molecular weight is 177 g/mol. The molecule has 0 unspecified atom stereocenters. The summed E-state index contributed by atoms with van der Waals surface area (Å²) < 4.78 is 0. The Labute approximate surface area is 79.0 Å². The molecule has 0 fully saturated rings. The first-order valence-corrected chi connectivity index (χ1v) is 4.54. The van der Waals surface area contributed by atoms with Crippen molar-refractivity contribution >= 4 is 5.78 Å². The number of pyridine rings is 1. The van der Waals surface area contributed by atoms with E-state index in [4.69, 9.17) is 0 Å². The Kier molecular flexibility index (Phi) is 3.18. The molecule has 0 saturated heterocycles. The zero-order chi connectivity index (χ0) is 9.84. The fraction of sp³-hybridized carbons (Fsp3) is 0.455. The minimum atomic E-state index is 0.161. The first-order valence-electron chi connectivity index (χ1n) is 4.54. The predicted octanol–water partition coefficient (Wildman–Crippen LogP) is 2.34. The molecule has 2 heteroatoms. The molecule has 0 aliphatic rings. The van der Waals surface area contributed by atoms with E-state index in [0.717, 1.165) is 5.69 Å². The predicted molar refractivity (Wildman–Crippen MR) is 52.7 cm³/mol. The lowest BCUT2D eigenvalue weighted by Gasteiger charge is -2.05. The first kappa shape index (κ1) is 9.90. The topological polar surface area (TPSA) is 30.0 Å². The van der Waals surface area contributed by atoms with Crippen LogP contribution in [0.15, 0.2) is 18.3 Å². The molecule has 0 saturated carbocycles. The molecule has 1 aromatic heterocycles. The molecule has 0 aliphatic heterocycles. The van der Waals surface area contributed by atoms with Crippen LogP contribution in [-0.4, -0.2) is 10.8 Å². The Bertz CT molecular complexity index is 305. The Morgan fingerprint density at radius 2 is 2.23 bits per heavy atom. The van der Waals surface area contributed by atoms with E-state index in [9.17, 15) is 4.79 Å². The minimum Gasteiger partial charge on any atom is -0.300 e. The van der Waals surface area contributed by atoms with Crippen molar-refractivity contribution in [2.75, 3.05) is 0 Å². The van der Waals surface area contributed by atoms with E-state index in [1.807, 2.05) is 12.1 Å². The monoisotopic (exact) mass is 177 g/mol. The highest BCUT2D eigenvalue weighted by molar-refractivity contribution is 5.77. The second-order valence-electron chi connectivity index (χ2n) is 3.61. The molecule has 0 aliphatic carbocycles. The van der Waals surface area contributed by atoms with Gasteiger partial charge in [-0.1, -0.05) is 13.8 Å². The third kappa shape index (κ3) is 2.98. The summed E-state index contributed by atoms with van der Waals surface area (Å²) >= 11 is 0. The Morgan fingerprint density at radius 3 is 2.77 bits per heavy atom. The summed E-state index contributed by atoms with van der Waals surface area (Å²) in [7, 11) is 0. The molecular weight excluding hydrogens is 162 g/mol. The maximum Gasteiger partial charge on any atom is 0.135 e. The molecule has 1 aromatic rings. The molecule has 0 aromatic carbocycles. The van der Waals surface area contributed by atoms with Gasteiger partial charge in [0.15, 0.2) is 0 Å². The fourth-order valence-electron chi connectivity index (χ4n) is 1.21. The van der Waals surface area contributed by atoms with Crippen LogP contribution in [0, 0.1) is 0 Å². The van der Waals surface area contributed by atoms with Crippen LogP contribution in [0.3, 0.4) is 0 Å². The molecule has 0 amide bonds. The molecule has 0 spiro atoms. The van der Waals surface area contributed by atoms with Gasteiger partial charge in [-0.05, 0) is 30.5 Å². The molecule has 13 heavy (non-hydrogen) atoms. The highest BCUT2D eigenvalue weighted by Crippen LogP contribution is 2.14. The highest BCUT2D eigenvalue weighted by Gasteiger charge is 2.02. The lowest BCUT2D eigenvalue weighted by atomic mass is 10.0. The number of hydrogen-bond donors (Lipinski definition) is 0. The van der Waals surface area contributed by atoms with Crippen LogP contribution in [0.25, 0.3) is 0 Å². The molecule has 1 rings (SSSR count). The molecule has 0 radical (unpaired) electrons. The summed E-state index contributed by atoms with van der Waals surface area (Å²) in [6.45, 7) is 5.85. The number of Topliss-reactive ketones (excluding diaryl/α,β-unsaturated/α-hetero) is 1. The Hall–Kier alpha value is -1.18. The van der Waals surface area contributed by atoms with Gasteiger partial charge in [-0.25, -0.2) is 0 Å². The molecule has 1 heterocycles. The number of hydrogen-bond acceptors (Lipinski definition) is 2. The van der Waals surface area contributed by atoms with Crippen LogP contribution in [0.1, 0.15) is 37.9 Å². The van der Waals surface area contributed by atoms with Crippen molar-refractivity contribution < 1.29 is 4.79 Å². The number of rotatable bonds is 3. The number of carbonyl (C=O) groups excluding carboxylic acids is 1. The van der Waals surface area contributed by atoms with E-state index in [0.29, 0.717) is 12.3 Å². The summed E-state index contributed by atoms with van der Waals surface area (Å²) in [6.07, 6.45) is 2.22. The van der Waals surface area contributed by atoms with Crippen molar-refractivity contribution in [3.63, 3.8) is 0 Å². The SMILES string of the molecule is CC(=O)Cc1cc(C(C)C)ccn1. The zero-order valence-electron chi connectivity index (χ0n) is 8.37. The van der Waals surface area contributed by atoms with Crippen LogP contribution in [0.5, 0.6) is 0 Å².